The number of benzene rings is 3. The summed E-state index contributed by atoms with van der Waals surface area (Å²) in [5, 5.41) is 8.70. The Morgan fingerprint density at radius 1 is 0.933 bits per heavy atom. The lowest BCUT2D eigenvalue weighted by Gasteiger charge is -2.11. The molecule has 7 heteroatoms. The quantitative estimate of drug-likeness (QED) is 0.357. The highest BCUT2D eigenvalue weighted by atomic mass is 16.5. The van der Waals surface area contributed by atoms with E-state index in [9.17, 15) is 9.59 Å². The number of anilines is 1. The molecule has 3 aromatic carbocycles. The molecule has 0 aliphatic rings. The predicted molar refractivity (Wildman–Crippen MR) is 117 cm³/mol. The molecule has 0 aromatic heterocycles. The number of methoxy groups -OCH3 is 2. The second kappa shape index (κ2) is 9.56. The molecule has 0 spiro atoms. The smallest absolute Gasteiger partial charge is 0.252 e. The van der Waals surface area contributed by atoms with Crippen LogP contribution in [-0.4, -0.2) is 32.2 Å². The monoisotopic (exact) mass is 405 g/mol. The third kappa shape index (κ3) is 4.75. The molecule has 0 heterocycles. The van der Waals surface area contributed by atoms with Gasteiger partial charge in [0, 0.05) is 11.3 Å². The van der Waals surface area contributed by atoms with Crippen LogP contribution in [0.25, 0.3) is 10.8 Å². The normalized spacial score (nSPS) is 11.8. The molecule has 1 atom stereocenters. The summed E-state index contributed by atoms with van der Waals surface area (Å²) < 4.78 is 10.5. The van der Waals surface area contributed by atoms with Gasteiger partial charge in [0.1, 0.15) is 17.4 Å². The maximum atomic E-state index is 12.3. The highest BCUT2D eigenvalue weighted by Gasteiger charge is 2.21. The number of nitrogens with one attached hydrogen (secondary N) is 2. The molecule has 0 saturated carbocycles. The molecule has 0 saturated heterocycles. The largest absolute Gasteiger partial charge is 0.497 e. The Hall–Kier alpha value is -3.87. The summed E-state index contributed by atoms with van der Waals surface area (Å²) in [4.78, 5) is 24.7. The number of hydrazone groups is 1. The van der Waals surface area contributed by atoms with Gasteiger partial charge in [-0.1, -0.05) is 30.3 Å². The van der Waals surface area contributed by atoms with Gasteiger partial charge in [-0.05, 0) is 48.0 Å². The van der Waals surface area contributed by atoms with E-state index >= 15 is 0 Å². The van der Waals surface area contributed by atoms with Gasteiger partial charge < -0.3 is 14.8 Å². The van der Waals surface area contributed by atoms with E-state index in [1.165, 1.54) is 13.1 Å². The van der Waals surface area contributed by atoms with Crippen molar-refractivity contribution < 1.29 is 19.1 Å². The van der Waals surface area contributed by atoms with Crippen molar-refractivity contribution >= 4 is 34.5 Å². The van der Waals surface area contributed by atoms with Crippen molar-refractivity contribution in [2.75, 3.05) is 19.5 Å². The Kier molecular flexibility index (Phi) is 6.64. The SMILES string of the molecule is COc1ccc(NC(=O)C(C)C(=O)NN=Cc2c(OC)ccc3ccccc23)cc1. The van der Waals surface area contributed by atoms with Gasteiger partial charge in [0.15, 0.2) is 0 Å². The van der Waals surface area contributed by atoms with Crippen LogP contribution in [-0.2, 0) is 9.59 Å². The Bertz CT molecular complexity index is 1080. The molecule has 0 aliphatic carbocycles. The zero-order valence-electron chi connectivity index (χ0n) is 17.0. The maximum Gasteiger partial charge on any atom is 0.252 e. The number of hydrogen-bond donors (Lipinski definition) is 2. The number of ether oxygens (including phenoxy) is 2. The fourth-order valence-electron chi connectivity index (χ4n) is 2.89. The van der Waals surface area contributed by atoms with E-state index in [2.05, 4.69) is 15.8 Å². The Balaban J connectivity index is 1.66. The van der Waals surface area contributed by atoms with Crippen molar-refractivity contribution in [1.82, 2.24) is 5.43 Å². The summed E-state index contributed by atoms with van der Waals surface area (Å²) >= 11 is 0. The number of rotatable bonds is 7. The lowest BCUT2D eigenvalue weighted by Crippen LogP contribution is -2.34. The zero-order chi connectivity index (χ0) is 21.5. The fraction of sp³-hybridized carbons (Fsp3) is 0.174. The van der Waals surface area contributed by atoms with E-state index < -0.39 is 17.7 Å². The minimum Gasteiger partial charge on any atom is -0.497 e. The number of fused-ring (bicyclic) bond motifs is 1. The van der Waals surface area contributed by atoms with E-state index in [-0.39, 0.29) is 0 Å². The Labute approximate surface area is 174 Å². The number of nitrogens with zero attached hydrogens (tertiary/aromatic N) is 1. The molecule has 3 rings (SSSR count). The Morgan fingerprint density at radius 3 is 2.37 bits per heavy atom. The molecule has 1 unspecified atom stereocenters. The van der Waals surface area contributed by atoms with E-state index in [1.807, 2.05) is 36.4 Å². The van der Waals surface area contributed by atoms with Crippen LogP contribution in [0.1, 0.15) is 12.5 Å². The van der Waals surface area contributed by atoms with Crippen LogP contribution in [0.4, 0.5) is 5.69 Å². The van der Waals surface area contributed by atoms with Crippen molar-refractivity contribution in [3.05, 3.63) is 66.2 Å². The van der Waals surface area contributed by atoms with Crippen LogP contribution in [0.2, 0.25) is 0 Å². The molecule has 7 nitrogen and oxygen atoms in total. The van der Waals surface area contributed by atoms with E-state index in [4.69, 9.17) is 9.47 Å². The van der Waals surface area contributed by atoms with Gasteiger partial charge in [0.25, 0.3) is 5.91 Å². The fourth-order valence-corrected chi connectivity index (χ4v) is 2.89. The molecule has 154 valence electrons. The number of carbonyl (C=O) groups excluding carboxylic acids is 2. The average molecular weight is 405 g/mol. The molecule has 3 aromatic rings. The summed E-state index contributed by atoms with van der Waals surface area (Å²) in [5.41, 5.74) is 3.74. The second-order valence-corrected chi connectivity index (χ2v) is 6.58. The molecule has 0 bridgehead atoms. The molecule has 0 fully saturated rings. The Morgan fingerprint density at radius 2 is 1.67 bits per heavy atom. The van der Waals surface area contributed by atoms with Crippen LogP contribution in [0.15, 0.2) is 65.8 Å². The highest BCUT2D eigenvalue weighted by Crippen LogP contribution is 2.26. The first kappa shape index (κ1) is 20.9. The van der Waals surface area contributed by atoms with Crippen molar-refractivity contribution in [2.24, 2.45) is 11.0 Å². The number of hydrogen-bond acceptors (Lipinski definition) is 5. The molecule has 0 aliphatic heterocycles. The van der Waals surface area contributed by atoms with Gasteiger partial charge >= 0.3 is 0 Å². The van der Waals surface area contributed by atoms with E-state index in [0.717, 1.165) is 16.3 Å². The van der Waals surface area contributed by atoms with Gasteiger partial charge in [-0.25, -0.2) is 5.43 Å². The first-order chi connectivity index (χ1) is 14.5. The number of carbonyl (C=O) groups is 2. The van der Waals surface area contributed by atoms with Crippen LogP contribution < -0.4 is 20.2 Å². The van der Waals surface area contributed by atoms with Crippen LogP contribution in [0, 0.1) is 5.92 Å². The maximum absolute atomic E-state index is 12.3. The summed E-state index contributed by atoms with van der Waals surface area (Å²) in [6.07, 6.45) is 1.52. The lowest BCUT2D eigenvalue weighted by atomic mass is 10.0. The van der Waals surface area contributed by atoms with Crippen LogP contribution in [0.3, 0.4) is 0 Å². The van der Waals surface area contributed by atoms with E-state index in [0.29, 0.717) is 17.2 Å². The predicted octanol–water partition coefficient (Wildman–Crippen LogP) is 3.58. The number of amides is 2. The summed E-state index contributed by atoms with van der Waals surface area (Å²) in [7, 11) is 3.14. The van der Waals surface area contributed by atoms with Crippen molar-refractivity contribution in [3.8, 4) is 11.5 Å². The molecular formula is C23H23N3O4. The highest BCUT2D eigenvalue weighted by molar-refractivity contribution is 6.07. The van der Waals surface area contributed by atoms with Crippen LogP contribution in [0.5, 0.6) is 11.5 Å². The summed E-state index contributed by atoms with van der Waals surface area (Å²) in [6, 6.07) is 18.4. The molecule has 0 radical (unpaired) electrons. The molecule has 2 N–H and O–H groups in total. The lowest BCUT2D eigenvalue weighted by molar-refractivity contribution is -0.131. The minimum absolute atomic E-state index is 0.435. The topological polar surface area (TPSA) is 89.0 Å². The third-order valence-corrected chi connectivity index (χ3v) is 4.66. The average Bonchev–Trinajstić information content (AvgIpc) is 2.78. The van der Waals surface area contributed by atoms with Gasteiger partial charge in [-0.2, -0.15) is 5.10 Å². The second-order valence-electron chi connectivity index (χ2n) is 6.58. The van der Waals surface area contributed by atoms with Crippen molar-refractivity contribution in [3.63, 3.8) is 0 Å². The van der Waals surface area contributed by atoms with Gasteiger partial charge in [0.2, 0.25) is 5.91 Å². The zero-order valence-corrected chi connectivity index (χ0v) is 17.0. The first-order valence-electron chi connectivity index (χ1n) is 9.37. The third-order valence-electron chi connectivity index (χ3n) is 4.66. The summed E-state index contributed by atoms with van der Waals surface area (Å²) in [6.45, 7) is 1.52. The van der Waals surface area contributed by atoms with Gasteiger partial charge in [-0.15, -0.1) is 0 Å². The van der Waals surface area contributed by atoms with Crippen molar-refractivity contribution in [2.45, 2.75) is 6.92 Å². The molecular weight excluding hydrogens is 382 g/mol. The first-order valence-corrected chi connectivity index (χ1v) is 9.37. The summed E-state index contributed by atoms with van der Waals surface area (Å²) in [5.74, 6) is -0.570. The van der Waals surface area contributed by atoms with Crippen molar-refractivity contribution in [1.29, 1.82) is 0 Å². The minimum atomic E-state index is -0.932. The molecule has 2 amide bonds. The van der Waals surface area contributed by atoms with Crippen LogP contribution >= 0.6 is 0 Å². The standard InChI is InChI=1S/C23H23N3O4/c1-15(22(27)25-17-9-11-18(29-2)12-10-17)23(28)26-24-14-20-19-7-5-4-6-16(19)8-13-21(20)30-3/h4-15H,1-3H3,(H,25,27)(H,26,28). The molecule has 30 heavy (non-hydrogen) atoms. The van der Waals surface area contributed by atoms with Gasteiger partial charge in [0.05, 0.1) is 20.4 Å². The van der Waals surface area contributed by atoms with Gasteiger partial charge in [-0.3, -0.25) is 9.59 Å². The van der Waals surface area contributed by atoms with E-state index in [1.54, 1.807) is 38.5 Å².